The van der Waals surface area contributed by atoms with Gasteiger partial charge >= 0.3 is 0 Å². The molecule has 0 unspecified atom stereocenters. The van der Waals surface area contributed by atoms with E-state index in [0.29, 0.717) is 17.0 Å². The van der Waals surface area contributed by atoms with Crippen LogP contribution in [0, 0.1) is 14.9 Å². The Balaban J connectivity index is 2.54. The topological polar surface area (TPSA) is 48.2 Å². The maximum Gasteiger partial charge on any atom is 0.104 e. The third kappa shape index (κ3) is 1.99. The van der Waals surface area contributed by atoms with Gasteiger partial charge in [0.25, 0.3) is 0 Å². The second kappa shape index (κ2) is 4.49. The maximum atomic E-state index is 9.06. The molecule has 0 amide bonds. The van der Waals surface area contributed by atoms with Crippen LogP contribution in [0.1, 0.15) is 5.56 Å². The number of allylic oxidation sites excluding steroid dienone is 1. The van der Waals surface area contributed by atoms with Crippen LogP contribution in [-0.2, 0) is 0 Å². The van der Waals surface area contributed by atoms with Gasteiger partial charge in [0.2, 0.25) is 0 Å². The molecule has 4 heteroatoms. The predicted molar refractivity (Wildman–Crippen MR) is 72.5 cm³/mol. The molecular weight excluding hydrogens is 313 g/mol. The molecule has 1 aliphatic rings. The molecule has 0 spiro atoms. The van der Waals surface area contributed by atoms with E-state index in [1.165, 1.54) is 0 Å². The fourth-order valence-corrected chi connectivity index (χ4v) is 1.76. The van der Waals surface area contributed by atoms with E-state index in [1.807, 2.05) is 24.3 Å². The Morgan fingerprint density at radius 1 is 1.31 bits per heavy atom. The van der Waals surface area contributed by atoms with E-state index in [9.17, 15) is 0 Å². The molecule has 0 saturated carbocycles. The minimum absolute atomic E-state index is 0.490. The second-order valence-corrected chi connectivity index (χ2v) is 4.47. The highest BCUT2D eigenvalue weighted by atomic mass is 127. The van der Waals surface area contributed by atoms with Crippen LogP contribution in [0.4, 0.5) is 0 Å². The Labute approximate surface area is 107 Å². The summed E-state index contributed by atoms with van der Waals surface area (Å²) in [5.74, 6) is 0. The molecule has 3 nitrogen and oxygen atoms in total. The van der Waals surface area contributed by atoms with Gasteiger partial charge in [-0.05, 0) is 34.7 Å². The average molecular weight is 321 g/mol. The van der Waals surface area contributed by atoms with Crippen molar-refractivity contribution >= 4 is 34.6 Å². The van der Waals surface area contributed by atoms with Gasteiger partial charge in [-0.25, -0.2) is 4.99 Å². The third-order valence-electron chi connectivity index (χ3n) is 2.20. The Morgan fingerprint density at radius 3 is 2.62 bits per heavy atom. The minimum Gasteiger partial charge on any atom is -0.346 e. The lowest BCUT2D eigenvalue weighted by Crippen LogP contribution is -2.16. The van der Waals surface area contributed by atoms with Crippen LogP contribution in [0.2, 0.25) is 0 Å². The zero-order valence-electron chi connectivity index (χ0n) is 8.37. The molecule has 1 N–H and O–H groups in total. The van der Waals surface area contributed by atoms with Gasteiger partial charge in [-0.15, -0.1) is 0 Å². The molecule has 1 aromatic carbocycles. The first-order chi connectivity index (χ1) is 7.72. The average Bonchev–Trinajstić information content (AvgIpc) is 2.30. The number of hydrogen-bond donors (Lipinski definition) is 1. The summed E-state index contributed by atoms with van der Waals surface area (Å²) in [6.45, 7) is 3.78. The van der Waals surface area contributed by atoms with Crippen molar-refractivity contribution < 1.29 is 0 Å². The van der Waals surface area contributed by atoms with E-state index < -0.39 is 0 Å². The van der Waals surface area contributed by atoms with Crippen LogP contribution in [0.25, 0.3) is 5.70 Å². The molecular formula is C12H8IN3. The second-order valence-electron chi connectivity index (χ2n) is 3.22. The summed E-state index contributed by atoms with van der Waals surface area (Å²) >= 11 is 2.24. The predicted octanol–water partition coefficient (Wildman–Crippen LogP) is 2.67. The molecule has 0 atom stereocenters. The van der Waals surface area contributed by atoms with E-state index in [2.05, 4.69) is 45.5 Å². The highest BCUT2D eigenvalue weighted by Crippen LogP contribution is 2.25. The van der Waals surface area contributed by atoms with Gasteiger partial charge in [0.05, 0.1) is 17.7 Å². The van der Waals surface area contributed by atoms with Gasteiger partial charge < -0.3 is 5.32 Å². The van der Waals surface area contributed by atoms with E-state index in [1.54, 1.807) is 6.34 Å². The summed E-state index contributed by atoms with van der Waals surface area (Å²) in [4.78, 5) is 4.19. The van der Waals surface area contributed by atoms with E-state index in [-0.39, 0.29) is 0 Å². The number of aliphatic imine (C=N–C) groups is 1. The van der Waals surface area contributed by atoms with Crippen molar-refractivity contribution in [3.8, 4) is 6.07 Å². The highest BCUT2D eigenvalue weighted by Gasteiger charge is 2.14. The number of halogens is 1. The number of nitrogens with one attached hydrogen (secondary N) is 1. The summed E-state index contributed by atoms with van der Waals surface area (Å²) in [7, 11) is 0. The molecule has 0 aliphatic carbocycles. The molecule has 0 radical (unpaired) electrons. The number of benzene rings is 1. The Bertz CT molecular complexity index is 532. The largest absolute Gasteiger partial charge is 0.346 e. The third-order valence-corrected chi connectivity index (χ3v) is 2.92. The molecule has 1 aromatic rings. The maximum absolute atomic E-state index is 9.06. The molecule has 0 fully saturated rings. The molecule has 1 aliphatic heterocycles. The number of hydrogen-bond acceptors (Lipinski definition) is 3. The Kier molecular flexibility index (Phi) is 3.06. The standard InChI is InChI=1S/C12H8IN3/c1-8-11(6-14)12(16-7-15-8)9-2-4-10(13)5-3-9/h2-5,7H,1H2,(H,15,16). The van der Waals surface area contributed by atoms with E-state index >= 15 is 0 Å². The lowest BCUT2D eigenvalue weighted by atomic mass is 10.0. The summed E-state index contributed by atoms with van der Waals surface area (Å²) in [5.41, 5.74) is 2.67. The van der Waals surface area contributed by atoms with Gasteiger partial charge in [0.15, 0.2) is 0 Å². The van der Waals surface area contributed by atoms with Crippen LogP contribution < -0.4 is 5.32 Å². The van der Waals surface area contributed by atoms with Crippen LogP contribution in [0.5, 0.6) is 0 Å². The SMILES string of the molecule is C=C1NC=NC(c2ccc(I)cc2)=C1C#N. The summed E-state index contributed by atoms with van der Waals surface area (Å²) < 4.78 is 1.15. The first-order valence-corrected chi connectivity index (χ1v) is 5.69. The molecule has 16 heavy (non-hydrogen) atoms. The lowest BCUT2D eigenvalue weighted by Gasteiger charge is -2.13. The van der Waals surface area contributed by atoms with Crippen molar-refractivity contribution in [2.24, 2.45) is 4.99 Å². The smallest absolute Gasteiger partial charge is 0.104 e. The van der Waals surface area contributed by atoms with Gasteiger partial charge in [0.1, 0.15) is 11.6 Å². The van der Waals surface area contributed by atoms with Crippen molar-refractivity contribution in [2.75, 3.05) is 0 Å². The summed E-state index contributed by atoms with van der Waals surface area (Å²) in [5, 5.41) is 11.9. The lowest BCUT2D eigenvalue weighted by molar-refractivity contribution is 1.15. The van der Waals surface area contributed by atoms with Gasteiger partial charge in [-0.2, -0.15) is 5.26 Å². The van der Waals surface area contributed by atoms with Gasteiger partial charge in [-0.1, -0.05) is 18.7 Å². The molecule has 0 aromatic heterocycles. The summed E-state index contributed by atoms with van der Waals surface area (Å²) in [6, 6.07) is 9.99. The molecule has 78 valence electrons. The van der Waals surface area contributed by atoms with Crippen molar-refractivity contribution in [2.45, 2.75) is 0 Å². The quantitative estimate of drug-likeness (QED) is 0.809. The molecule has 0 saturated heterocycles. The minimum atomic E-state index is 0.490. The molecule has 2 rings (SSSR count). The molecule has 1 heterocycles. The Morgan fingerprint density at radius 2 is 2.00 bits per heavy atom. The number of rotatable bonds is 1. The summed E-state index contributed by atoms with van der Waals surface area (Å²) in [6.07, 6.45) is 1.55. The monoisotopic (exact) mass is 321 g/mol. The van der Waals surface area contributed by atoms with Crippen LogP contribution >= 0.6 is 22.6 Å². The van der Waals surface area contributed by atoms with E-state index in [4.69, 9.17) is 5.26 Å². The van der Waals surface area contributed by atoms with Crippen molar-refractivity contribution in [1.82, 2.24) is 5.32 Å². The first kappa shape index (κ1) is 10.9. The van der Waals surface area contributed by atoms with Crippen molar-refractivity contribution in [3.05, 3.63) is 51.2 Å². The van der Waals surface area contributed by atoms with Crippen molar-refractivity contribution in [1.29, 1.82) is 5.26 Å². The van der Waals surface area contributed by atoms with Crippen LogP contribution in [0.3, 0.4) is 0 Å². The number of nitrogens with zero attached hydrogens (tertiary/aromatic N) is 2. The zero-order chi connectivity index (χ0) is 11.5. The van der Waals surface area contributed by atoms with Gasteiger partial charge in [0, 0.05) is 9.13 Å². The van der Waals surface area contributed by atoms with Crippen LogP contribution in [0.15, 0.2) is 47.1 Å². The fraction of sp³-hybridized carbons (Fsp3) is 0. The molecule has 0 bridgehead atoms. The number of nitriles is 1. The van der Waals surface area contributed by atoms with E-state index in [0.717, 1.165) is 9.13 Å². The normalized spacial score (nSPS) is 14.6. The zero-order valence-corrected chi connectivity index (χ0v) is 10.5. The van der Waals surface area contributed by atoms with Crippen molar-refractivity contribution in [3.63, 3.8) is 0 Å². The van der Waals surface area contributed by atoms with Crippen LogP contribution in [-0.4, -0.2) is 6.34 Å². The first-order valence-electron chi connectivity index (χ1n) is 4.61. The fourth-order valence-electron chi connectivity index (χ4n) is 1.40. The van der Waals surface area contributed by atoms with Gasteiger partial charge in [-0.3, -0.25) is 0 Å². The highest BCUT2D eigenvalue weighted by molar-refractivity contribution is 14.1. The Hall–Kier alpha value is -1.61.